The molecule has 1 fully saturated rings. The normalized spacial score (nSPS) is 19.3. The molecule has 3 rings (SSSR count). The van der Waals surface area contributed by atoms with E-state index in [0.717, 1.165) is 36.5 Å². The van der Waals surface area contributed by atoms with Crippen molar-refractivity contribution in [3.05, 3.63) is 23.1 Å². The number of likely N-dealkylation sites (tertiary alicyclic amines) is 1. The number of amides is 1. The lowest BCUT2D eigenvalue weighted by Crippen LogP contribution is -2.26. The number of rotatable bonds is 1. The summed E-state index contributed by atoms with van der Waals surface area (Å²) in [5.74, 6) is 1.04. The van der Waals surface area contributed by atoms with Crippen molar-refractivity contribution in [2.75, 3.05) is 13.1 Å². The Morgan fingerprint density at radius 1 is 1.42 bits per heavy atom. The molecule has 0 N–H and O–H groups in total. The van der Waals surface area contributed by atoms with E-state index in [1.54, 1.807) is 13.0 Å². The topological polar surface area (TPSA) is 51.0 Å². The van der Waals surface area contributed by atoms with Gasteiger partial charge in [0.05, 0.1) is 6.04 Å². The van der Waals surface area contributed by atoms with Gasteiger partial charge in [-0.1, -0.05) is 11.6 Å². The Kier molecular flexibility index (Phi) is 2.93. The second kappa shape index (κ2) is 4.49. The molecule has 100 valence electrons. The molecular weight excluding hydrogens is 264 g/mol. The van der Waals surface area contributed by atoms with Crippen LogP contribution in [0.2, 0.25) is 5.15 Å². The van der Waals surface area contributed by atoms with Crippen molar-refractivity contribution in [1.82, 2.24) is 19.4 Å². The maximum absolute atomic E-state index is 11.4. The third-order valence-corrected chi connectivity index (χ3v) is 3.86. The van der Waals surface area contributed by atoms with Crippen LogP contribution in [0.25, 0.3) is 11.2 Å². The molecule has 6 heteroatoms. The SMILES string of the molecule is CC(=O)N1CC[C@H](n2c(C)nc3ccc(Cl)nc32)C1. The van der Waals surface area contributed by atoms with Crippen LogP contribution in [0.4, 0.5) is 0 Å². The molecule has 0 saturated carbocycles. The van der Waals surface area contributed by atoms with Gasteiger partial charge in [-0.15, -0.1) is 0 Å². The van der Waals surface area contributed by atoms with Crippen LogP contribution in [0.15, 0.2) is 12.1 Å². The standard InChI is InChI=1S/C13H15ClN4O/c1-8-15-11-3-4-12(14)16-13(11)18(8)10-5-6-17(7-10)9(2)19/h3-4,10H,5-7H2,1-2H3/t10-/m0/s1. The van der Waals surface area contributed by atoms with Gasteiger partial charge in [0, 0.05) is 20.0 Å². The van der Waals surface area contributed by atoms with E-state index in [4.69, 9.17) is 11.6 Å². The fourth-order valence-corrected chi connectivity index (χ4v) is 2.88. The number of carbonyl (C=O) groups excluding carboxylic acids is 1. The van der Waals surface area contributed by atoms with Crippen LogP contribution in [0.1, 0.15) is 25.2 Å². The number of hydrogen-bond donors (Lipinski definition) is 0. The van der Waals surface area contributed by atoms with Crippen LogP contribution in [0, 0.1) is 6.92 Å². The first-order valence-electron chi connectivity index (χ1n) is 6.33. The van der Waals surface area contributed by atoms with Crippen molar-refractivity contribution < 1.29 is 4.79 Å². The van der Waals surface area contributed by atoms with E-state index >= 15 is 0 Å². The molecular formula is C13H15ClN4O. The van der Waals surface area contributed by atoms with Gasteiger partial charge >= 0.3 is 0 Å². The minimum atomic E-state index is 0.121. The molecule has 0 aromatic carbocycles. The first kappa shape index (κ1) is 12.4. The second-order valence-electron chi connectivity index (χ2n) is 4.91. The Labute approximate surface area is 116 Å². The summed E-state index contributed by atoms with van der Waals surface area (Å²) in [5, 5.41) is 0.468. The first-order valence-corrected chi connectivity index (χ1v) is 6.70. The molecule has 0 unspecified atom stereocenters. The Morgan fingerprint density at radius 3 is 2.89 bits per heavy atom. The number of aryl methyl sites for hydroxylation is 1. The van der Waals surface area contributed by atoms with Crippen molar-refractivity contribution in [2.24, 2.45) is 0 Å². The number of carbonyl (C=O) groups is 1. The van der Waals surface area contributed by atoms with Crippen molar-refractivity contribution >= 4 is 28.7 Å². The maximum atomic E-state index is 11.4. The molecule has 0 bridgehead atoms. The van der Waals surface area contributed by atoms with Gasteiger partial charge in [0.2, 0.25) is 5.91 Å². The lowest BCUT2D eigenvalue weighted by atomic mass is 10.2. The lowest BCUT2D eigenvalue weighted by Gasteiger charge is -2.16. The van der Waals surface area contributed by atoms with Crippen molar-refractivity contribution in [3.8, 4) is 0 Å². The summed E-state index contributed by atoms with van der Waals surface area (Å²) in [4.78, 5) is 22.2. The van der Waals surface area contributed by atoms with Crippen molar-refractivity contribution in [3.63, 3.8) is 0 Å². The van der Waals surface area contributed by atoms with Crippen LogP contribution in [-0.4, -0.2) is 38.4 Å². The maximum Gasteiger partial charge on any atom is 0.219 e. The van der Waals surface area contributed by atoms with Gasteiger partial charge in [-0.3, -0.25) is 4.79 Å². The minimum absolute atomic E-state index is 0.121. The average molecular weight is 279 g/mol. The number of halogens is 1. The van der Waals surface area contributed by atoms with E-state index in [9.17, 15) is 4.79 Å². The van der Waals surface area contributed by atoms with E-state index in [2.05, 4.69) is 14.5 Å². The summed E-state index contributed by atoms with van der Waals surface area (Å²) in [6.45, 7) is 5.08. The van der Waals surface area contributed by atoms with E-state index in [-0.39, 0.29) is 11.9 Å². The molecule has 1 atom stereocenters. The number of hydrogen-bond acceptors (Lipinski definition) is 3. The van der Waals surface area contributed by atoms with Gasteiger partial charge in [0.25, 0.3) is 0 Å². The molecule has 1 aliphatic heterocycles. The van der Waals surface area contributed by atoms with Crippen LogP contribution >= 0.6 is 11.6 Å². The summed E-state index contributed by atoms with van der Waals surface area (Å²) in [6.07, 6.45) is 0.931. The molecule has 2 aromatic rings. The smallest absolute Gasteiger partial charge is 0.219 e. The number of aromatic nitrogens is 3. The van der Waals surface area contributed by atoms with E-state index < -0.39 is 0 Å². The summed E-state index contributed by atoms with van der Waals surface area (Å²) in [6, 6.07) is 3.86. The van der Waals surface area contributed by atoms with E-state index in [0.29, 0.717) is 5.15 Å². The highest BCUT2D eigenvalue weighted by Crippen LogP contribution is 2.27. The molecule has 1 amide bonds. The van der Waals surface area contributed by atoms with Gasteiger partial charge < -0.3 is 9.47 Å². The highest BCUT2D eigenvalue weighted by Gasteiger charge is 2.28. The van der Waals surface area contributed by atoms with Crippen LogP contribution in [0.5, 0.6) is 0 Å². The van der Waals surface area contributed by atoms with E-state index in [1.165, 1.54) is 0 Å². The summed E-state index contributed by atoms with van der Waals surface area (Å²) < 4.78 is 2.10. The second-order valence-corrected chi connectivity index (χ2v) is 5.30. The molecule has 5 nitrogen and oxygen atoms in total. The molecule has 0 radical (unpaired) electrons. The lowest BCUT2D eigenvalue weighted by molar-refractivity contribution is -0.127. The third-order valence-electron chi connectivity index (χ3n) is 3.65. The zero-order chi connectivity index (χ0) is 13.6. The molecule has 0 spiro atoms. The number of imidazole rings is 1. The van der Waals surface area contributed by atoms with Crippen molar-refractivity contribution in [1.29, 1.82) is 0 Å². The van der Waals surface area contributed by atoms with Crippen LogP contribution in [-0.2, 0) is 4.79 Å². The number of nitrogens with zero attached hydrogens (tertiary/aromatic N) is 4. The molecule has 19 heavy (non-hydrogen) atoms. The van der Waals surface area contributed by atoms with Gasteiger partial charge in [-0.05, 0) is 25.5 Å². The number of pyridine rings is 1. The highest BCUT2D eigenvalue weighted by molar-refractivity contribution is 6.29. The van der Waals surface area contributed by atoms with Crippen LogP contribution in [0.3, 0.4) is 0 Å². The molecule has 3 heterocycles. The highest BCUT2D eigenvalue weighted by atomic mass is 35.5. The fourth-order valence-electron chi connectivity index (χ4n) is 2.74. The summed E-state index contributed by atoms with van der Waals surface area (Å²) in [5.41, 5.74) is 1.66. The molecule has 0 aliphatic carbocycles. The zero-order valence-corrected chi connectivity index (χ0v) is 11.7. The Hall–Kier alpha value is -1.62. The Balaban J connectivity index is 2.03. The summed E-state index contributed by atoms with van der Waals surface area (Å²) in [7, 11) is 0. The first-order chi connectivity index (χ1) is 9.06. The van der Waals surface area contributed by atoms with Gasteiger partial charge in [0.15, 0.2) is 5.65 Å². The van der Waals surface area contributed by atoms with Gasteiger partial charge in [0.1, 0.15) is 16.5 Å². The fraction of sp³-hybridized carbons (Fsp3) is 0.462. The Bertz CT molecular complexity index is 651. The quantitative estimate of drug-likeness (QED) is 0.752. The minimum Gasteiger partial charge on any atom is -0.341 e. The van der Waals surface area contributed by atoms with Crippen molar-refractivity contribution in [2.45, 2.75) is 26.3 Å². The van der Waals surface area contributed by atoms with E-state index in [1.807, 2.05) is 17.9 Å². The summed E-state index contributed by atoms with van der Waals surface area (Å²) >= 11 is 5.97. The predicted octanol–water partition coefficient (Wildman–Crippen LogP) is 2.19. The Morgan fingerprint density at radius 2 is 2.21 bits per heavy atom. The van der Waals surface area contributed by atoms with Gasteiger partial charge in [-0.2, -0.15) is 0 Å². The third kappa shape index (κ3) is 2.08. The zero-order valence-electron chi connectivity index (χ0n) is 10.9. The average Bonchev–Trinajstić information content (AvgIpc) is 2.92. The predicted molar refractivity (Wildman–Crippen MR) is 73.2 cm³/mol. The largest absolute Gasteiger partial charge is 0.341 e. The number of fused-ring (bicyclic) bond motifs is 1. The monoisotopic (exact) mass is 278 g/mol. The van der Waals surface area contributed by atoms with Crippen LogP contribution < -0.4 is 0 Å². The van der Waals surface area contributed by atoms with Gasteiger partial charge in [-0.25, -0.2) is 9.97 Å². The molecule has 1 aliphatic rings. The molecule has 2 aromatic heterocycles. The molecule has 1 saturated heterocycles.